The van der Waals surface area contributed by atoms with Crippen molar-refractivity contribution in [2.45, 2.75) is 57.3 Å². The fourth-order valence-corrected chi connectivity index (χ4v) is 3.19. The van der Waals surface area contributed by atoms with Crippen LogP contribution in [0.2, 0.25) is 0 Å². The summed E-state index contributed by atoms with van der Waals surface area (Å²) in [6, 6.07) is 3.07. The molecule has 1 aliphatic heterocycles. The van der Waals surface area contributed by atoms with Gasteiger partial charge < -0.3 is 14.8 Å². The van der Waals surface area contributed by atoms with Crippen LogP contribution < -0.4 is 20.1 Å². The zero-order chi connectivity index (χ0) is 19.4. The molecule has 1 saturated heterocycles. The number of imide groups is 1. The molecule has 0 unspecified atom stereocenters. The van der Waals surface area contributed by atoms with Crippen LogP contribution in [-0.2, 0) is 9.59 Å². The van der Waals surface area contributed by atoms with Gasteiger partial charge in [0.05, 0.1) is 6.10 Å². The highest BCUT2D eigenvalue weighted by Crippen LogP contribution is 2.33. The van der Waals surface area contributed by atoms with Crippen molar-refractivity contribution in [3.63, 3.8) is 0 Å². The number of amides is 3. The van der Waals surface area contributed by atoms with Crippen LogP contribution in [0.4, 0.5) is 8.78 Å². The van der Waals surface area contributed by atoms with Crippen LogP contribution >= 0.6 is 0 Å². The molecule has 0 bridgehead atoms. The minimum absolute atomic E-state index is 0.0677. The van der Waals surface area contributed by atoms with Crippen molar-refractivity contribution in [3.8, 4) is 11.5 Å². The van der Waals surface area contributed by atoms with Gasteiger partial charge in [-0.05, 0) is 50.3 Å². The molecule has 1 atom stereocenters. The van der Waals surface area contributed by atoms with Gasteiger partial charge in [-0.1, -0.05) is 0 Å². The Labute approximate surface area is 154 Å². The van der Waals surface area contributed by atoms with E-state index >= 15 is 0 Å². The van der Waals surface area contributed by atoms with Gasteiger partial charge in [-0.2, -0.15) is 8.78 Å². The van der Waals surface area contributed by atoms with Crippen LogP contribution in [0.1, 0.15) is 48.9 Å². The highest BCUT2D eigenvalue weighted by Gasteiger charge is 2.28. The van der Waals surface area contributed by atoms with Crippen molar-refractivity contribution in [1.29, 1.82) is 0 Å². The van der Waals surface area contributed by atoms with E-state index in [1.54, 1.807) is 0 Å². The first-order chi connectivity index (χ1) is 12.9. The molecular weight excluding hydrogens is 362 g/mol. The number of benzene rings is 1. The summed E-state index contributed by atoms with van der Waals surface area (Å²) in [5.74, 6) is -1.59. The molecule has 1 heterocycles. The average molecular weight is 382 g/mol. The maximum atomic E-state index is 12.6. The Morgan fingerprint density at radius 1 is 1.15 bits per heavy atom. The molecule has 1 aromatic carbocycles. The molecule has 2 aliphatic rings. The maximum Gasteiger partial charge on any atom is 0.387 e. The number of halogens is 2. The Bertz CT molecular complexity index is 734. The maximum absolute atomic E-state index is 12.6. The molecule has 2 fully saturated rings. The summed E-state index contributed by atoms with van der Waals surface area (Å²) < 4.78 is 35.5. The molecule has 2 N–H and O–H groups in total. The van der Waals surface area contributed by atoms with Crippen molar-refractivity contribution in [2.75, 3.05) is 0 Å². The minimum atomic E-state index is -3.01. The van der Waals surface area contributed by atoms with Crippen molar-refractivity contribution in [1.82, 2.24) is 10.6 Å². The standard InChI is InChI=1S/C18H20F2N2O5/c19-18(20)27-13-7-5-10(9-14(13)26-11-3-1-2-4-11)16(24)21-12-6-8-15(23)22-17(12)25/h5,7,9,11-12,18H,1-4,6,8H2,(H,21,24)(H,22,23,25)/t12-/m1/s1. The van der Waals surface area contributed by atoms with E-state index < -0.39 is 24.5 Å². The lowest BCUT2D eigenvalue weighted by atomic mass is 10.1. The van der Waals surface area contributed by atoms with Crippen LogP contribution in [0, 0.1) is 0 Å². The second-order valence-electron chi connectivity index (χ2n) is 6.54. The lowest BCUT2D eigenvalue weighted by molar-refractivity contribution is -0.134. The Hall–Kier alpha value is -2.71. The normalized spacial score (nSPS) is 20.5. The van der Waals surface area contributed by atoms with Crippen molar-refractivity contribution < 1.29 is 32.6 Å². The first-order valence-corrected chi connectivity index (χ1v) is 8.82. The summed E-state index contributed by atoms with van der Waals surface area (Å²) in [6.07, 6.45) is 3.82. The van der Waals surface area contributed by atoms with E-state index in [1.165, 1.54) is 18.2 Å². The van der Waals surface area contributed by atoms with Crippen LogP contribution in [-0.4, -0.2) is 36.5 Å². The molecule has 0 spiro atoms. The number of nitrogens with one attached hydrogen (secondary N) is 2. The van der Waals surface area contributed by atoms with Gasteiger partial charge in [0.2, 0.25) is 11.8 Å². The summed E-state index contributed by atoms with van der Waals surface area (Å²) in [7, 11) is 0. The summed E-state index contributed by atoms with van der Waals surface area (Å²) in [5.41, 5.74) is 0.148. The van der Waals surface area contributed by atoms with Crippen LogP contribution in [0.5, 0.6) is 11.5 Å². The van der Waals surface area contributed by atoms with Crippen LogP contribution in [0.15, 0.2) is 18.2 Å². The quantitative estimate of drug-likeness (QED) is 0.736. The zero-order valence-electron chi connectivity index (χ0n) is 14.5. The number of carbonyl (C=O) groups is 3. The summed E-state index contributed by atoms with van der Waals surface area (Å²) in [5, 5.41) is 4.69. The number of piperidine rings is 1. The number of ether oxygens (including phenoxy) is 2. The van der Waals surface area contributed by atoms with Crippen molar-refractivity contribution >= 4 is 17.7 Å². The highest BCUT2D eigenvalue weighted by molar-refractivity contribution is 6.03. The van der Waals surface area contributed by atoms with Gasteiger partial charge in [0.25, 0.3) is 5.91 Å². The van der Waals surface area contributed by atoms with Gasteiger partial charge in [-0.15, -0.1) is 0 Å². The fraction of sp³-hybridized carbons (Fsp3) is 0.500. The Kier molecular flexibility index (Phi) is 5.88. The largest absolute Gasteiger partial charge is 0.487 e. The van der Waals surface area contributed by atoms with Gasteiger partial charge >= 0.3 is 6.61 Å². The molecule has 7 nitrogen and oxygen atoms in total. The first-order valence-electron chi connectivity index (χ1n) is 8.82. The van der Waals surface area contributed by atoms with E-state index in [0.717, 1.165) is 25.7 Å². The second-order valence-corrected chi connectivity index (χ2v) is 6.54. The van der Waals surface area contributed by atoms with Gasteiger partial charge in [0.1, 0.15) is 6.04 Å². The van der Waals surface area contributed by atoms with E-state index in [2.05, 4.69) is 15.4 Å². The van der Waals surface area contributed by atoms with Crippen LogP contribution in [0.3, 0.4) is 0 Å². The number of alkyl halides is 2. The molecule has 146 valence electrons. The predicted molar refractivity (Wildman–Crippen MR) is 89.6 cm³/mol. The lowest BCUT2D eigenvalue weighted by Crippen LogP contribution is -2.52. The third kappa shape index (κ3) is 4.93. The minimum Gasteiger partial charge on any atom is -0.487 e. The topological polar surface area (TPSA) is 93.7 Å². The molecule has 3 rings (SSSR count). The number of hydrogen-bond acceptors (Lipinski definition) is 5. The van der Waals surface area contributed by atoms with Gasteiger partial charge in [-0.25, -0.2) is 0 Å². The Balaban J connectivity index is 1.74. The van der Waals surface area contributed by atoms with Gasteiger partial charge in [-0.3, -0.25) is 19.7 Å². The van der Waals surface area contributed by atoms with E-state index in [9.17, 15) is 23.2 Å². The summed E-state index contributed by atoms with van der Waals surface area (Å²) in [4.78, 5) is 35.4. The molecule has 1 aliphatic carbocycles. The van der Waals surface area contributed by atoms with E-state index in [0.29, 0.717) is 0 Å². The molecule has 1 saturated carbocycles. The zero-order valence-corrected chi connectivity index (χ0v) is 14.5. The Morgan fingerprint density at radius 3 is 2.56 bits per heavy atom. The predicted octanol–water partition coefficient (Wildman–Crippen LogP) is 2.14. The van der Waals surface area contributed by atoms with Crippen molar-refractivity contribution in [2.24, 2.45) is 0 Å². The monoisotopic (exact) mass is 382 g/mol. The molecule has 27 heavy (non-hydrogen) atoms. The van der Waals surface area contributed by atoms with Crippen LogP contribution in [0.25, 0.3) is 0 Å². The number of rotatable bonds is 6. The second kappa shape index (κ2) is 8.32. The molecule has 3 amide bonds. The fourth-order valence-electron chi connectivity index (χ4n) is 3.19. The number of hydrogen-bond donors (Lipinski definition) is 2. The molecular formula is C18H20F2N2O5. The lowest BCUT2D eigenvalue weighted by Gasteiger charge is -2.22. The molecule has 0 aromatic heterocycles. The molecule has 1 aromatic rings. The van der Waals surface area contributed by atoms with Crippen molar-refractivity contribution in [3.05, 3.63) is 23.8 Å². The third-order valence-electron chi connectivity index (χ3n) is 4.56. The van der Waals surface area contributed by atoms with Gasteiger partial charge in [0, 0.05) is 12.0 Å². The third-order valence-corrected chi connectivity index (χ3v) is 4.56. The molecule has 9 heteroatoms. The average Bonchev–Trinajstić information content (AvgIpc) is 3.11. The number of carbonyl (C=O) groups excluding carboxylic acids is 3. The Morgan fingerprint density at radius 2 is 1.89 bits per heavy atom. The first kappa shape index (κ1) is 19.1. The van der Waals surface area contributed by atoms with Gasteiger partial charge in [0.15, 0.2) is 11.5 Å². The highest BCUT2D eigenvalue weighted by atomic mass is 19.3. The smallest absolute Gasteiger partial charge is 0.387 e. The molecule has 0 radical (unpaired) electrons. The SMILES string of the molecule is O=C1CC[C@@H](NC(=O)c2ccc(OC(F)F)c(OC3CCCC3)c2)C(=O)N1. The summed E-state index contributed by atoms with van der Waals surface area (Å²) in [6.45, 7) is -3.01. The van der Waals surface area contributed by atoms with E-state index in [1.807, 2.05) is 0 Å². The van der Waals surface area contributed by atoms with E-state index in [4.69, 9.17) is 4.74 Å². The van der Waals surface area contributed by atoms with E-state index in [-0.39, 0.29) is 41.9 Å². The summed E-state index contributed by atoms with van der Waals surface area (Å²) >= 11 is 0.